The van der Waals surface area contributed by atoms with E-state index in [1.54, 1.807) is 19.1 Å². The van der Waals surface area contributed by atoms with Crippen LogP contribution in [-0.2, 0) is 26.3 Å². The van der Waals surface area contributed by atoms with Crippen LogP contribution in [0.15, 0.2) is 35.4 Å². The van der Waals surface area contributed by atoms with Gasteiger partial charge in [-0.3, -0.25) is 9.59 Å². The third-order valence-electron chi connectivity index (χ3n) is 5.85. The molecule has 0 atom stereocenters. The van der Waals surface area contributed by atoms with Gasteiger partial charge in [0.15, 0.2) is 0 Å². The zero-order valence-electron chi connectivity index (χ0n) is 20.2. The molecule has 2 aromatic rings. The van der Waals surface area contributed by atoms with Gasteiger partial charge in [-0.25, -0.2) is 9.80 Å². The van der Waals surface area contributed by atoms with Gasteiger partial charge in [-0.15, -0.1) is 11.3 Å². The van der Waals surface area contributed by atoms with Gasteiger partial charge in [-0.2, -0.15) is 5.10 Å². The van der Waals surface area contributed by atoms with Crippen LogP contribution in [0.1, 0.15) is 68.3 Å². The Labute approximate surface area is 203 Å². The first kappa shape index (κ1) is 24.1. The second-order valence-corrected chi connectivity index (χ2v) is 10.7. The van der Waals surface area contributed by atoms with E-state index in [1.807, 2.05) is 18.2 Å². The molecule has 1 aromatic carbocycles. The van der Waals surface area contributed by atoms with Gasteiger partial charge >= 0.3 is 5.97 Å². The molecule has 0 bridgehead atoms. The molecule has 0 fully saturated rings. The van der Waals surface area contributed by atoms with E-state index in [4.69, 9.17) is 4.74 Å². The van der Waals surface area contributed by atoms with Gasteiger partial charge < -0.3 is 15.4 Å². The summed E-state index contributed by atoms with van der Waals surface area (Å²) in [5, 5.41) is 12.6. The highest BCUT2D eigenvalue weighted by atomic mass is 32.1. The Morgan fingerprint density at radius 2 is 1.88 bits per heavy atom. The molecule has 0 aliphatic carbocycles. The lowest BCUT2D eigenvalue weighted by atomic mass is 9.81. The number of hydrazone groups is 1. The van der Waals surface area contributed by atoms with Crippen molar-refractivity contribution in [2.45, 2.75) is 65.0 Å². The number of nitrogens with one attached hydrogen (secondary N) is 2. The lowest BCUT2D eigenvalue weighted by Gasteiger charge is -2.42. The molecule has 0 unspecified atom stereocenters. The number of ether oxygens (including phenoxy) is 1. The predicted octanol–water partition coefficient (Wildman–Crippen LogP) is 4.21. The molecule has 9 heteroatoms. The van der Waals surface area contributed by atoms with E-state index in [0.717, 1.165) is 10.4 Å². The van der Waals surface area contributed by atoms with E-state index in [1.165, 1.54) is 16.3 Å². The fourth-order valence-electron chi connectivity index (χ4n) is 4.70. The zero-order valence-corrected chi connectivity index (χ0v) is 21.0. The summed E-state index contributed by atoms with van der Waals surface area (Å²) in [5.74, 6) is -1.05. The monoisotopic (exact) mass is 482 g/mol. The molecule has 2 amide bonds. The predicted molar refractivity (Wildman–Crippen MR) is 133 cm³/mol. The molecule has 180 valence electrons. The second-order valence-electron chi connectivity index (χ2n) is 9.69. The number of amides is 2. The number of benzene rings is 1. The van der Waals surface area contributed by atoms with E-state index in [9.17, 15) is 14.4 Å². The first-order valence-corrected chi connectivity index (χ1v) is 12.2. The van der Waals surface area contributed by atoms with Crippen LogP contribution in [0.3, 0.4) is 0 Å². The second kappa shape index (κ2) is 8.96. The van der Waals surface area contributed by atoms with Gasteiger partial charge in [0.1, 0.15) is 10.7 Å². The largest absolute Gasteiger partial charge is 0.462 e. The lowest BCUT2D eigenvalue weighted by molar-refractivity contribution is -0.118. The quantitative estimate of drug-likeness (QED) is 0.622. The molecule has 4 rings (SSSR count). The van der Waals surface area contributed by atoms with Crippen LogP contribution >= 0.6 is 11.3 Å². The maximum Gasteiger partial charge on any atom is 0.341 e. The lowest BCUT2D eigenvalue weighted by Crippen LogP contribution is -2.55. The molecule has 2 N–H and O–H groups in total. The number of thiophene rings is 1. The van der Waals surface area contributed by atoms with Crippen molar-refractivity contribution < 1.29 is 19.1 Å². The van der Waals surface area contributed by atoms with Crippen molar-refractivity contribution in [1.82, 2.24) is 5.32 Å². The number of para-hydroxylation sites is 1. The summed E-state index contributed by atoms with van der Waals surface area (Å²) in [6, 6.07) is 9.01. The number of hydrogen-bond donors (Lipinski definition) is 2. The smallest absolute Gasteiger partial charge is 0.341 e. The zero-order chi connectivity index (χ0) is 24.7. The van der Waals surface area contributed by atoms with Gasteiger partial charge in [-0.1, -0.05) is 18.2 Å². The van der Waals surface area contributed by atoms with Crippen molar-refractivity contribution >= 4 is 45.5 Å². The van der Waals surface area contributed by atoms with Crippen LogP contribution in [-0.4, -0.2) is 35.6 Å². The van der Waals surface area contributed by atoms with Crippen molar-refractivity contribution in [3.63, 3.8) is 0 Å². The number of carbonyl (C=O) groups excluding carboxylic acids is 3. The third kappa shape index (κ3) is 4.63. The third-order valence-corrected chi connectivity index (χ3v) is 7.32. The van der Waals surface area contributed by atoms with Crippen LogP contribution in [0.4, 0.5) is 10.7 Å². The van der Waals surface area contributed by atoms with Crippen molar-refractivity contribution in [3.05, 3.63) is 46.3 Å². The number of esters is 1. The average Bonchev–Trinajstić information content (AvgIpc) is 3.12. The van der Waals surface area contributed by atoms with Gasteiger partial charge in [0.25, 0.3) is 5.91 Å². The Balaban J connectivity index is 1.70. The maximum absolute atomic E-state index is 13.2. The highest BCUT2D eigenvalue weighted by Gasteiger charge is 2.42. The van der Waals surface area contributed by atoms with Gasteiger partial charge in [0.05, 0.1) is 17.9 Å². The van der Waals surface area contributed by atoms with E-state index in [-0.39, 0.29) is 42.1 Å². The first-order valence-electron chi connectivity index (χ1n) is 11.4. The molecule has 8 nitrogen and oxygen atoms in total. The summed E-state index contributed by atoms with van der Waals surface area (Å²) in [4.78, 5) is 39.7. The Bertz CT molecular complexity index is 1170. The van der Waals surface area contributed by atoms with Crippen LogP contribution in [0, 0.1) is 0 Å². The highest BCUT2D eigenvalue weighted by Crippen LogP contribution is 2.45. The first-order chi connectivity index (χ1) is 16.0. The summed E-state index contributed by atoms with van der Waals surface area (Å²) in [6.07, 6.45) is 1.04. The molecular weight excluding hydrogens is 452 g/mol. The Kier molecular flexibility index (Phi) is 6.35. The average molecular weight is 483 g/mol. The van der Waals surface area contributed by atoms with E-state index in [0.29, 0.717) is 22.7 Å². The molecule has 2 aliphatic rings. The molecule has 1 aromatic heterocycles. The standard InChI is InChI=1S/C25H30N4O4S/c1-6-33-23(32)19-16-14-24(2,3)28-25(4,5)20(16)34-22(19)26-21(31)17-12-13-18(30)29(27-17)15-10-8-7-9-11-15/h7-11,28H,6,12-14H2,1-5H3,(H,26,31). The normalized spacial score (nSPS) is 18.7. The fourth-order valence-corrected chi connectivity index (χ4v) is 5.96. The SMILES string of the molecule is CCOC(=O)c1c(NC(=O)C2=NN(c3ccccc3)C(=O)CC2)sc2c1CC(C)(C)NC2(C)C. The van der Waals surface area contributed by atoms with Crippen molar-refractivity contribution in [3.8, 4) is 0 Å². The summed E-state index contributed by atoms with van der Waals surface area (Å²) in [5.41, 5.74) is 1.53. The molecule has 2 aliphatic heterocycles. The minimum atomic E-state index is -0.449. The van der Waals surface area contributed by atoms with Crippen LogP contribution in [0.2, 0.25) is 0 Å². The van der Waals surface area contributed by atoms with Gasteiger partial charge in [-0.05, 0) is 58.7 Å². The summed E-state index contributed by atoms with van der Waals surface area (Å²) < 4.78 is 5.36. The van der Waals surface area contributed by atoms with E-state index < -0.39 is 11.9 Å². The van der Waals surface area contributed by atoms with Crippen molar-refractivity contribution in [2.75, 3.05) is 16.9 Å². The Morgan fingerprint density at radius 3 is 2.56 bits per heavy atom. The number of nitrogens with zero attached hydrogens (tertiary/aromatic N) is 2. The number of hydrogen-bond acceptors (Lipinski definition) is 7. The van der Waals surface area contributed by atoms with Crippen molar-refractivity contribution in [1.29, 1.82) is 0 Å². The topological polar surface area (TPSA) is 100 Å². The molecular formula is C25H30N4O4S. The molecule has 0 spiro atoms. The number of fused-ring (bicyclic) bond motifs is 1. The minimum Gasteiger partial charge on any atom is -0.462 e. The van der Waals surface area contributed by atoms with E-state index >= 15 is 0 Å². The minimum absolute atomic E-state index is 0.170. The summed E-state index contributed by atoms with van der Waals surface area (Å²) in [7, 11) is 0. The number of anilines is 2. The van der Waals surface area contributed by atoms with Gasteiger partial charge in [0.2, 0.25) is 5.91 Å². The van der Waals surface area contributed by atoms with E-state index in [2.05, 4.69) is 43.4 Å². The molecule has 34 heavy (non-hydrogen) atoms. The highest BCUT2D eigenvalue weighted by molar-refractivity contribution is 7.17. The Hall–Kier alpha value is -3.04. The van der Waals surface area contributed by atoms with Crippen LogP contribution < -0.4 is 15.6 Å². The Morgan fingerprint density at radius 1 is 1.18 bits per heavy atom. The summed E-state index contributed by atoms with van der Waals surface area (Å²) >= 11 is 1.38. The fraction of sp³-hybridized carbons (Fsp3) is 0.440. The molecule has 3 heterocycles. The maximum atomic E-state index is 13.2. The molecule has 0 radical (unpaired) electrons. The van der Waals surface area contributed by atoms with Crippen LogP contribution in [0.5, 0.6) is 0 Å². The summed E-state index contributed by atoms with van der Waals surface area (Å²) in [6.45, 7) is 10.3. The molecule has 0 saturated heterocycles. The van der Waals surface area contributed by atoms with Crippen molar-refractivity contribution in [2.24, 2.45) is 5.10 Å². The number of rotatable bonds is 5. The molecule has 0 saturated carbocycles. The van der Waals surface area contributed by atoms with Crippen LogP contribution in [0.25, 0.3) is 0 Å². The number of carbonyl (C=O) groups is 3. The van der Waals surface area contributed by atoms with Gasteiger partial charge in [0, 0.05) is 28.8 Å².